The van der Waals surface area contributed by atoms with E-state index in [4.69, 9.17) is 0 Å². The number of carbonyl (C=O) groups is 1. The molecule has 0 aliphatic rings. The van der Waals surface area contributed by atoms with Crippen molar-refractivity contribution in [1.29, 1.82) is 0 Å². The molecule has 86 valence electrons. The first-order valence-electron chi connectivity index (χ1n) is 4.95. The summed E-state index contributed by atoms with van der Waals surface area (Å²) in [4.78, 5) is 11.5. The second kappa shape index (κ2) is 5.31. The standard InChI is InChI=1S/C11H10N4OS/c1-8-2-4-9(5-3-8)6-7-10(16)12-11-13-14-15-17-11/h2-7H,1H3,(H,12,13,15,16)/b7-6+. The lowest BCUT2D eigenvalue weighted by atomic mass is 10.1. The number of rotatable bonds is 3. The molecule has 0 atom stereocenters. The first-order valence-corrected chi connectivity index (χ1v) is 5.72. The quantitative estimate of drug-likeness (QED) is 0.840. The van der Waals surface area contributed by atoms with Gasteiger partial charge in [-0.1, -0.05) is 39.4 Å². The van der Waals surface area contributed by atoms with Gasteiger partial charge in [0.15, 0.2) is 0 Å². The van der Waals surface area contributed by atoms with Crippen molar-refractivity contribution in [2.45, 2.75) is 6.92 Å². The minimum atomic E-state index is -0.246. The molecular weight excluding hydrogens is 236 g/mol. The number of nitrogens with one attached hydrogen (secondary N) is 1. The zero-order valence-electron chi connectivity index (χ0n) is 9.12. The number of hydrogen-bond acceptors (Lipinski definition) is 5. The predicted octanol–water partition coefficient (Wildman–Crippen LogP) is 1.89. The molecule has 2 rings (SSSR count). The van der Waals surface area contributed by atoms with Crippen molar-refractivity contribution in [2.24, 2.45) is 0 Å². The molecule has 1 amide bonds. The van der Waals surface area contributed by atoms with Crippen LogP contribution in [-0.4, -0.2) is 20.7 Å². The molecule has 0 unspecified atom stereocenters. The molecule has 0 saturated heterocycles. The smallest absolute Gasteiger partial charge is 0.250 e. The maximum absolute atomic E-state index is 11.5. The average molecular weight is 246 g/mol. The fourth-order valence-corrected chi connectivity index (χ4v) is 1.55. The van der Waals surface area contributed by atoms with E-state index in [-0.39, 0.29) is 5.91 Å². The van der Waals surface area contributed by atoms with Gasteiger partial charge in [-0.2, -0.15) is 0 Å². The van der Waals surface area contributed by atoms with Crippen LogP contribution in [-0.2, 0) is 4.79 Å². The molecule has 0 spiro atoms. The van der Waals surface area contributed by atoms with Crippen LogP contribution in [0.4, 0.5) is 5.13 Å². The molecule has 0 radical (unpaired) electrons. The monoisotopic (exact) mass is 246 g/mol. The van der Waals surface area contributed by atoms with Crippen LogP contribution in [0.1, 0.15) is 11.1 Å². The van der Waals surface area contributed by atoms with Crippen LogP contribution < -0.4 is 5.32 Å². The van der Waals surface area contributed by atoms with Crippen LogP contribution in [0.2, 0.25) is 0 Å². The fourth-order valence-electron chi connectivity index (χ4n) is 1.18. The molecule has 0 bridgehead atoms. The Morgan fingerprint density at radius 1 is 1.35 bits per heavy atom. The van der Waals surface area contributed by atoms with Crippen molar-refractivity contribution < 1.29 is 4.79 Å². The first-order chi connectivity index (χ1) is 8.24. The minimum absolute atomic E-state index is 0.246. The summed E-state index contributed by atoms with van der Waals surface area (Å²) >= 11 is 1.04. The number of amides is 1. The lowest BCUT2D eigenvalue weighted by molar-refractivity contribution is -0.111. The van der Waals surface area contributed by atoms with Gasteiger partial charge in [0.1, 0.15) is 0 Å². The lowest BCUT2D eigenvalue weighted by Gasteiger charge is -1.95. The van der Waals surface area contributed by atoms with Crippen LogP contribution in [0.15, 0.2) is 30.3 Å². The summed E-state index contributed by atoms with van der Waals surface area (Å²) in [5.41, 5.74) is 2.16. The van der Waals surface area contributed by atoms with E-state index in [9.17, 15) is 4.79 Å². The van der Waals surface area contributed by atoms with Gasteiger partial charge in [-0.25, -0.2) is 0 Å². The van der Waals surface area contributed by atoms with Crippen molar-refractivity contribution in [2.75, 3.05) is 5.32 Å². The zero-order valence-corrected chi connectivity index (χ0v) is 9.94. The number of nitrogens with zero attached hydrogens (tertiary/aromatic N) is 3. The van der Waals surface area contributed by atoms with Gasteiger partial charge < -0.3 is 0 Å². The summed E-state index contributed by atoms with van der Waals surface area (Å²) in [5, 5.41) is 9.95. The Hall–Kier alpha value is -2.08. The molecule has 1 N–H and O–H groups in total. The van der Waals surface area contributed by atoms with Gasteiger partial charge in [0.25, 0.3) is 0 Å². The van der Waals surface area contributed by atoms with Crippen LogP contribution in [0.3, 0.4) is 0 Å². The third kappa shape index (κ3) is 3.46. The Morgan fingerprint density at radius 3 is 2.76 bits per heavy atom. The second-order valence-corrected chi connectivity index (χ2v) is 4.13. The molecule has 0 fully saturated rings. The van der Waals surface area contributed by atoms with Crippen molar-refractivity contribution in [3.63, 3.8) is 0 Å². The van der Waals surface area contributed by atoms with Gasteiger partial charge in [-0.15, -0.1) is 0 Å². The van der Waals surface area contributed by atoms with E-state index in [2.05, 4.69) is 20.1 Å². The van der Waals surface area contributed by atoms with Crippen LogP contribution >= 0.6 is 11.5 Å². The highest BCUT2D eigenvalue weighted by Crippen LogP contribution is 2.07. The van der Waals surface area contributed by atoms with Crippen molar-refractivity contribution in [3.05, 3.63) is 41.5 Å². The Kier molecular flexibility index (Phi) is 3.56. The van der Waals surface area contributed by atoms with E-state index in [1.54, 1.807) is 6.08 Å². The molecule has 1 aromatic heterocycles. The van der Waals surface area contributed by atoms with E-state index < -0.39 is 0 Å². The first kappa shape index (κ1) is 11.4. The Labute approximate surface area is 102 Å². The highest BCUT2D eigenvalue weighted by Gasteiger charge is 2.00. The lowest BCUT2D eigenvalue weighted by Crippen LogP contribution is -2.07. The number of anilines is 1. The Bertz CT molecular complexity index is 519. The maximum Gasteiger partial charge on any atom is 0.250 e. The van der Waals surface area contributed by atoms with Crippen molar-refractivity contribution >= 4 is 28.6 Å². The normalized spacial score (nSPS) is 10.6. The molecule has 0 aliphatic heterocycles. The van der Waals surface area contributed by atoms with Crippen molar-refractivity contribution in [3.8, 4) is 0 Å². The van der Waals surface area contributed by atoms with Crippen LogP contribution in [0.5, 0.6) is 0 Å². The predicted molar refractivity (Wildman–Crippen MR) is 66.5 cm³/mol. The molecule has 0 saturated carbocycles. The largest absolute Gasteiger partial charge is 0.296 e. The summed E-state index contributed by atoms with van der Waals surface area (Å²) in [6, 6.07) is 7.88. The minimum Gasteiger partial charge on any atom is -0.296 e. The van der Waals surface area contributed by atoms with Crippen LogP contribution in [0.25, 0.3) is 6.08 Å². The van der Waals surface area contributed by atoms with Gasteiger partial charge >= 0.3 is 0 Å². The number of benzene rings is 1. The molecule has 1 heterocycles. The van der Waals surface area contributed by atoms with Gasteiger partial charge in [0.2, 0.25) is 11.0 Å². The Morgan fingerprint density at radius 2 is 2.12 bits per heavy atom. The summed E-state index contributed by atoms with van der Waals surface area (Å²) < 4.78 is 3.54. The molecule has 17 heavy (non-hydrogen) atoms. The molecular formula is C11H10N4OS. The fraction of sp³-hybridized carbons (Fsp3) is 0.0909. The molecule has 6 heteroatoms. The number of carbonyl (C=O) groups excluding carboxylic acids is 1. The van der Waals surface area contributed by atoms with Gasteiger partial charge in [-0.3, -0.25) is 10.1 Å². The van der Waals surface area contributed by atoms with E-state index in [0.717, 1.165) is 17.1 Å². The maximum atomic E-state index is 11.5. The third-order valence-electron chi connectivity index (χ3n) is 2.03. The van der Waals surface area contributed by atoms with E-state index in [0.29, 0.717) is 5.13 Å². The highest BCUT2D eigenvalue weighted by atomic mass is 32.1. The third-order valence-corrected chi connectivity index (χ3v) is 2.55. The molecule has 2 aromatic rings. The Balaban J connectivity index is 1.96. The summed E-state index contributed by atoms with van der Waals surface area (Å²) in [6.07, 6.45) is 3.19. The molecule has 1 aromatic carbocycles. The second-order valence-electron chi connectivity index (χ2n) is 3.40. The van der Waals surface area contributed by atoms with E-state index in [1.165, 1.54) is 11.6 Å². The number of aryl methyl sites for hydroxylation is 1. The summed E-state index contributed by atoms with van der Waals surface area (Å²) in [7, 11) is 0. The molecule has 5 nitrogen and oxygen atoms in total. The molecule has 0 aliphatic carbocycles. The van der Waals surface area contributed by atoms with Gasteiger partial charge in [0.05, 0.1) is 0 Å². The summed E-state index contributed by atoms with van der Waals surface area (Å²) in [5.74, 6) is -0.246. The number of aromatic nitrogens is 3. The van der Waals surface area contributed by atoms with E-state index >= 15 is 0 Å². The number of hydrogen-bond donors (Lipinski definition) is 1. The SMILES string of the molecule is Cc1ccc(/C=C/C(=O)Nc2nnns2)cc1. The topological polar surface area (TPSA) is 67.8 Å². The average Bonchev–Trinajstić information content (AvgIpc) is 2.81. The highest BCUT2D eigenvalue weighted by molar-refractivity contribution is 7.09. The van der Waals surface area contributed by atoms with Crippen LogP contribution in [0, 0.1) is 6.92 Å². The van der Waals surface area contributed by atoms with Gasteiger partial charge in [-0.05, 0) is 23.8 Å². The van der Waals surface area contributed by atoms with Crippen molar-refractivity contribution in [1.82, 2.24) is 14.8 Å². The van der Waals surface area contributed by atoms with E-state index in [1.807, 2.05) is 31.2 Å². The zero-order chi connectivity index (χ0) is 12.1. The summed E-state index contributed by atoms with van der Waals surface area (Å²) in [6.45, 7) is 2.02. The van der Waals surface area contributed by atoms with Gasteiger partial charge in [0, 0.05) is 17.6 Å².